The van der Waals surface area contributed by atoms with Gasteiger partial charge in [-0.1, -0.05) is 12.1 Å². The van der Waals surface area contributed by atoms with Gasteiger partial charge in [-0.05, 0) is 36.5 Å². The molecule has 2 amide bonds. The minimum absolute atomic E-state index is 0.0934. The van der Waals surface area contributed by atoms with Gasteiger partial charge in [0.15, 0.2) is 5.96 Å². The Balaban J connectivity index is 1.91. The predicted octanol–water partition coefficient (Wildman–Crippen LogP) is 0.709. The second-order valence-corrected chi connectivity index (χ2v) is 6.30. The van der Waals surface area contributed by atoms with E-state index in [0.717, 1.165) is 37.5 Å². The number of hydrogen-bond donors (Lipinski definition) is 3. The van der Waals surface area contributed by atoms with Crippen LogP contribution in [0, 0.1) is 5.92 Å². The molecule has 1 fully saturated rings. The molecule has 1 saturated heterocycles. The molecule has 0 aliphatic carbocycles. The van der Waals surface area contributed by atoms with Gasteiger partial charge >= 0.3 is 0 Å². The number of piperidine rings is 1. The Morgan fingerprint density at radius 3 is 2.64 bits per heavy atom. The first-order valence-corrected chi connectivity index (χ1v) is 8.58. The van der Waals surface area contributed by atoms with Crippen molar-refractivity contribution in [3.63, 3.8) is 0 Å². The Morgan fingerprint density at radius 1 is 1.32 bits per heavy atom. The fourth-order valence-electron chi connectivity index (χ4n) is 3.14. The maximum absolute atomic E-state index is 11.6. The van der Waals surface area contributed by atoms with Crippen LogP contribution in [-0.4, -0.2) is 49.9 Å². The molecular weight excluding hydrogens is 318 g/mol. The van der Waals surface area contributed by atoms with Crippen LogP contribution in [0.15, 0.2) is 29.3 Å². The van der Waals surface area contributed by atoms with Crippen molar-refractivity contribution in [2.75, 3.05) is 27.2 Å². The smallest absolute Gasteiger partial charge is 0.251 e. The van der Waals surface area contributed by atoms with E-state index in [9.17, 15) is 9.59 Å². The molecule has 0 saturated carbocycles. The lowest BCUT2D eigenvalue weighted by Gasteiger charge is -2.34. The Kier molecular flexibility index (Phi) is 6.80. The molecule has 7 heteroatoms. The fraction of sp³-hybridized carbons (Fsp3) is 0.500. The number of hydrogen-bond acceptors (Lipinski definition) is 3. The van der Waals surface area contributed by atoms with Crippen LogP contribution in [0.5, 0.6) is 0 Å². The number of likely N-dealkylation sites (tertiary alicyclic amines) is 1. The first-order valence-electron chi connectivity index (χ1n) is 8.58. The summed E-state index contributed by atoms with van der Waals surface area (Å²) >= 11 is 0. The normalized spacial score (nSPS) is 17.9. The number of nitrogens with one attached hydrogen (secondary N) is 2. The summed E-state index contributed by atoms with van der Waals surface area (Å²) in [4.78, 5) is 29.2. The van der Waals surface area contributed by atoms with Gasteiger partial charge in [-0.15, -0.1) is 0 Å². The average molecular weight is 345 g/mol. The number of primary amides is 1. The molecule has 136 valence electrons. The number of aliphatic imine (C=N–C) groups is 1. The van der Waals surface area contributed by atoms with Gasteiger partial charge in [-0.3, -0.25) is 14.6 Å². The predicted molar refractivity (Wildman–Crippen MR) is 98.1 cm³/mol. The van der Waals surface area contributed by atoms with Crippen LogP contribution in [-0.2, 0) is 11.3 Å². The molecule has 1 unspecified atom stereocenters. The van der Waals surface area contributed by atoms with Crippen LogP contribution in [0.1, 0.15) is 35.2 Å². The summed E-state index contributed by atoms with van der Waals surface area (Å²) < 4.78 is 0. The highest BCUT2D eigenvalue weighted by molar-refractivity contribution is 5.93. The molecule has 2 rings (SSSR count). The number of carbonyl (C=O) groups excluding carboxylic acids is 2. The summed E-state index contributed by atoms with van der Waals surface area (Å²) in [5, 5.41) is 5.96. The summed E-state index contributed by atoms with van der Waals surface area (Å²) in [6.45, 7) is 2.33. The third-order valence-corrected chi connectivity index (χ3v) is 4.41. The first-order chi connectivity index (χ1) is 12.0. The molecule has 1 aromatic carbocycles. The number of benzene rings is 1. The lowest BCUT2D eigenvalue weighted by atomic mass is 9.95. The van der Waals surface area contributed by atoms with Gasteiger partial charge in [0.1, 0.15) is 0 Å². The van der Waals surface area contributed by atoms with Crippen LogP contribution in [0.3, 0.4) is 0 Å². The topological polar surface area (TPSA) is 99.8 Å². The van der Waals surface area contributed by atoms with Gasteiger partial charge in [0.2, 0.25) is 5.91 Å². The van der Waals surface area contributed by atoms with Crippen LogP contribution in [0.2, 0.25) is 0 Å². The highest BCUT2D eigenvalue weighted by Crippen LogP contribution is 2.19. The monoisotopic (exact) mass is 345 g/mol. The van der Waals surface area contributed by atoms with Crippen molar-refractivity contribution < 1.29 is 9.59 Å². The third kappa shape index (κ3) is 5.48. The van der Waals surface area contributed by atoms with Crippen LogP contribution in [0.25, 0.3) is 0 Å². The van der Waals surface area contributed by atoms with Crippen molar-refractivity contribution in [3.05, 3.63) is 35.4 Å². The highest BCUT2D eigenvalue weighted by Gasteiger charge is 2.23. The minimum Gasteiger partial charge on any atom is -0.370 e. The van der Waals surface area contributed by atoms with Crippen molar-refractivity contribution >= 4 is 17.8 Å². The Labute approximate surface area is 148 Å². The van der Waals surface area contributed by atoms with Gasteiger partial charge in [0.25, 0.3) is 5.91 Å². The zero-order valence-electron chi connectivity index (χ0n) is 14.9. The number of amides is 2. The molecule has 0 aromatic heterocycles. The minimum atomic E-state index is -0.244. The van der Waals surface area contributed by atoms with Gasteiger partial charge in [0.05, 0.1) is 0 Å². The average Bonchev–Trinajstić information content (AvgIpc) is 2.62. The number of rotatable bonds is 5. The molecule has 4 N–H and O–H groups in total. The van der Waals surface area contributed by atoms with E-state index in [2.05, 4.69) is 20.5 Å². The third-order valence-electron chi connectivity index (χ3n) is 4.41. The maximum atomic E-state index is 11.6. The molecule has 25 heavy (non-hydrogen) atoms. The molecule has 1 aliphatic heterocycles. The van der Waals surface area contributed by atoms with E-state index < -0.39 is 0 Å². The summed E-state index contributed by atoms with van der Waals surface area (Å²) in [7, 11) is 3.38. The summed E-state index contributed by atoms with van der Waals surface area (Å²) in [5.74, 6) is 0.774. The molecule has 0 spiro atoms. The molecule has 7 nitrogen and oxygen atoms in total. The second kappa shape index (κ2) is 9.05. The number of guanidine groups is 1. The van der Waals surface area contributed by atoms with E-state index in [1.165, 1.54) is 0 Å². The number of carbonyl (C=O) groups is 2. The zero-order valence-corrected chi connectivity index (χ0v) is 14.9. The van der Waals surface area contributed by atoms with E-state index in [-0.39, 0.29) is 17.7 Å². The van der Waals surface area contributed by atoms with Crippen molar-refractivity contribution in [3.8, 4) is 0 Å². The summed E-state index contributed by atoms with van der Waals surface area (Å²) in [6, 6.07) is 7.47. The van der Waals surface area contributed by atoms with Gasteiger partial charge in [-0.2, -0.15) is 0 Å². The standard InChI is InChI=1S/C18H27N5O2/c1-20-17(25)15-7-5-13(6-8-15)11-22-18(21-2)23-9-3-4-14(12-23)10-16(19)24/h5-8,14H,3-4,9-12H2,1-2H3,(H2,19,24)(H,20,25)(H,21,22). The maximum Gasteiger partial charge on any atom is 0.251 e. The second-order valence-electron chi connectivity index (χ2n) is 6.30. The number of nitrogens with zero attached hydrogens (tertiary/aromatic N) is 2. The molecule has 1 aromatic rings. The Hall–Kier alpha value is -2.57. The van der Waals surface area contributed by atoms with Gasteiger partial charge in [-0.25, -0.2) is 0 Å². The lowest BCUT2D eigenvalue weighted by molar-refractivity contribution is -0.119. The molecule has 1 heterocycles. The SMILES string of the molecule is CN=C(NCc1ccc(C(=O)NC)cc1)N1CCCC(CC(N)=O)C1. The molecule has 0 bridgehead atoms. The Bertz CT molecular complexity index is 627. The van der Waals surface area contributed by atoms with E-state index >= 15 is 0 Å². The van der Waals surface area contributed by atoms with E-state index in [1.807, 2.05) is 24.3 Å². The first kappa shape index (κ1) is 18.8. The van der Waals surface area contributed by atoms with Crippen molar-refractivity contribution in [2.24, 2.45) is 16.6 Å². The van der Waals surface area contributed by atoms with Crippen molar-refractivity contribution in [1.29, 1.82) is 0 Å². The quantitative estimate of drug-likeness (QED) is 0.540. The van der Waals surface area contributed by atoms with E-state index in [4.69, 9.17) is 5.73 Å². The van der Waals surface area contributed by atoms with E-state index in [1.54, 1.807) is 14.1 Å². The van der Waals surface area contributed by atoms with Gasteiger partial charge < -0.3 is 21.3 Å². The lowest BCUT2D eigenvalue weighted by Crippen LogP contribution is -2.46. The fourth-order valence-corrected chi connectivity index (χ4v) is 3.14. The van der Waals surface area contributed by atoms with Crippen molar-refractivity contribution in [2.45, 2.75) is 25.8 Å². The summed E-state index contributed by atoms with van der Waals surface area (Å²) in [6.07, 6.45) is 2.48. The number of nitrogens with two attached hydrogens (primary N) is 1. The van der Waals surface area contributed by atoms with Crippen LogP contribution < -0.4 is 16.4 Å². The largest absolute Gasteiger partial charge is 0.370 e. The summed E-state index contributed by atoms with van der Waals surface area (Å²) in [5.41, 5.74) is 7.03. The molecular formula is C18H27N5O2. The van der Waals surface area contributed by atoms with E-state index in [0.29, 0.717) is 18.5 Å². The highest BCUT2D eigenvalue weighted by atomic mass is 16.1. The van der Waals surface area contributed by atoms with Crippen molar-refractivity contribution in [1.82, 2.24) is 15.5 Å². The molecule has 1 aliphatic rings. The van der Waals surface area contributed by atoms with Crippen LogP contribution >= 0.6 is 0 Å². The Morgan fingerprint density at radius 2 is 2.04 bits per heavy atom. The van der Waals surface area contributed by atoms with Gasteiger partial charge in [0, 0.05) is 45.7 Å². The molecule has 0 radical (unpaired) electrons. The zero-order chi connectivity index (χ0) is 18.2. The van der Waals surface area contributed by atoms with Crippen LogP contribution in [0.4, 0.5) is 0 Å². The molecule has 1 atom stereocenters.